The van der Waals surface area contributed by atoms with Gasteiger partial charge in [-0.2, -0.15) is 0 Å². The van der Waals surface area contributed by atoms with Gasteiger partial charge in [0, 0.05) is 0 Å². The van der Waals surface area contributed by atoms with Gasteiger partial charge in [-0.05, 0) is 12.5 Å². The van der Waals surface area contributed by atoms with Crippen molar-refractivity contribution in [1.82, 2.24) is 0 Å². The molecule has 7 heavy (non-hydrogen) atoms. The Balaban J connectivity index is 2.82. The third-order valence-electron chi connectivity index (χ3n) is 0.345. The number of hydrogen-bond acceptors (Lipinski definition) is 2. The fourth-order valence-corrected chi connectivity index (χ4v) is 0.346. The molecule has 0 atom stereocenters. The third-order valence-corrected chi connectivity index (χ3v) is 0.544. The number of rotatable bonds is 3. The standard InChI is InChI=1S/C4H7ClO2/c1-4(2)3-7-5-6/h1,3H2,2H3. The second kappa shape index (κ2) is 4.12. The molecule has 0 N–H and O–H groups in total. The van der Waals surface area contributed by atoms with Crippen LogP contribution in [-0.4, -0.2) is 6.61 Å². The maximum atomic E-state index is 9.43. The molecule has 0 unspecified atom stereocenters. The molecule has 0 aromatic heterocycles. The van der Waals surface area contributed by atoms with Crippen LogP contribution < -0.4 is 4.66 Å². The van der Waals surface area contributed by atoms with Gasteiger partial charge in [-0.25, -0.2) is 0 Å². The fraction of sp³-hybridized carbons (Fsp3) is 0.500. The molecule has 0 radical (unpaired) electrons. The number of halogens is 1. The molecule has 0 aliphatic heterocycles. The Kier molecular flexibility index (Phi) is 4.09. The fourth-order valence-electron chi connectivity index (χ4n) is 0.115. The van der Waals surface area contributed by atoms with Gasteiger partial charge < -0.3 is 4.66 Å². The van der Waals surface area contributed by atoms with Gasteiger partial charge in [0.2, 0.25) is 0 Å². The second-order valence-electron chi connectivity index (χ2n) is 1.27. The van der Waals surface area contributed by atoms with E-state index in [0.29, 0.717) is 17.9 Å². The lowest BCUT2D eigenvalue weighted by atomic mass is 10.4. The largest absolute Gasteiger partial charge is 0.506 e. The van der Waals surface area contributed by atoms with E-state index >= 15 is 0 Å². The Labute approximate surface area is 46.9 Å². The summed E-state index contributed by atoms with van der Waals surface area (Å²) in [4.78, 5) is 0. The van der Waals surface area contributed by atoms with Gasteiger partial charge in [0.25, 0.3) is 0 Å². The molecule has 0 heterocycles. The quantitative estimate of drug-likeness (QED) is 0.488. The van der Waals surface area contributed by atoms with Crippen LogP contribution in [0.4, 0.5) is 0 Å². The van der Waals surface area contributed by atoms with Crippen molar-refractivity contribution in [3.8, 4) is 0 Å². The van der Waals surface area contributed by atoms with Gasteiger partial charge in [0.15, 0.2) is 0 Å². The van der Waals surface area contributed by atoms with Crippen molar-refractivity contribution in [2.24, 2.45) is 0 Å². The molecule has 42 valence electrons. The average Bonchev–Trinajstić information content (AvgIpc) is 1.61. The Morgan fingerprint density at radius 2 is 2.57 bits per heavy atom. The Bertz CT molecular complexity index is 62.7. The minimum atomic E-state index is 0.331. The zero-order valence-electron chi connectivity index (χ0n) is 4.11. The van der Waals surface area contributed by atoms with E-state index in [-0.39, 0.29) is 0 Å². The summed E-state index contributed by atoms with van der Waals surface area (Å²) in [7, 11) is 0. The molecule has 0 bridgehead atoms. The zero-order chi connectivity index (χ0) is 5.70. The Morgan fingerprint density at radius 3 is 2.71 bits per heavy atom. The molecule has 0 aliphatic rings. The molecule has 0 saturated heterocycles. The van der Waals surface area contributed by atoms with Crippen LogP contribution in [0, 0.1) is 11.3 Å². The van der Waals surface area contributed by atoms with E-state index in [4.69, 9.17) is 0 Å². The maximum Gasteiger partial charge on any atom is 0.331 e. The minimum absolute atomic E-state index is 0.331. The van der Waals surface area contributed by atoms with Gasteiger partial charge >= 0.3 is 11.3 Å². The summed E-state index contributed by atoms with van der Waals surface area (Å²) in [6, 6.07) is 0. The highest BCUT2D eigenvalue weighted by Gasteiger charge is 1.89. The zero-order valence-corrected chi connectivity index (χ0v) is 4.86. The molecule has 0 aromatic rings. The summed E-state index contributed by atoms with van der Waals surface area (Å²) in [5.74, 6) is 0. The van der Waals surface area contributed by atoms with Crippen molar-refractivity contribution >= 4 is 0 Å². The summed E-state index contributed by atoms with van der Waals surface area (Å²) < 4.78 is 13.7. The highest BCUT2D eigenvalue weighted by molar-refractivity contribution is 4.86. The van der Waals surface area contributed by atoms with Crippen LogP contribution in [-0.2, 0) is 4.29 Å². The summed E-state index contributed by atoms with van der Waals surface area (Å²) in [6.45, 7) is 5.63. The van der Waals surface area contributed by atoms with E-state index in [1.807, 2.05) is 0 Å². The van der Waals surface area contributed by atoms with Crippen molar-refractivity contribution < 1.29 is 20.3 Å². The van der Waals surface area contributed by atoms with Gasteiger partial charge in [-0.1, -0.05) is 10.9 Å². The van der Waals surface area contributed by atoms with Gasteiger partial charge in [0.05, 0.1) is 0 Å². The summed E-state index contributed by atoms with van der Waals surface area (Å²) in [6.07, 6.45) is 0. The monoisotopic (exact) mass is 122 g/mol. The molecule has 0 aliphatic carbocycles. The van der Waals surface area contributed by atoms with Crippen molar-refractivity contribution in [3.63, 3.8) is 0 Å². The van der Waals surface area contributed by atoms with Crippen LogP contribution in [0.25, 0.3) is 0 Å². The molecule has 2 nitrogen and oxygen atoms in total. The lowest BCUT2D eigenvalue weighted by molar-refractivity contribution is -1.27. The molecular weight excluding hydrogens is 115 g/mol. The Morgan fingerprint density at radius 1 is 2.00 bits per heavy atom. The first-order chi connectivity index (χ1) is 3.27. The summed E-state index contributed by atoms with van der Waals surface area (Å²) >= 11 is 0.509. The highest BCUT2D eigenvalue weighted by atomic mass is 35.6. The average molecular weight is 123 g/mol. The topological polar surface area (TPSA) is 32.3 Å². The van der Waals surface area contributed by atoms with E-state index in [1.165, 1.54) is 0 Å². The van der Waals surface area contributed by atoms with Crippen molar-refractivity contribution in [1.29, 1.82) is 0 Å². The van der Waals surface area contributed by atoms with Crippen LogP contribution in [0.15, 0.2) is 12.2 Å². The van der Waals surface area contributed by atoms with Crippen LogP contribution in [0.2, 0.25) is 0 Å². The molecule has 0 spiro atoms. The van der Waals surface area contributed by atoms with Crippen LogP contribution in [0.1, 0.15) is 6.92 Å². The van der Waals surface area contributed by atoms with Crippen LogP contribution in [0.5, 0.6) is 0 Å². The molecule has 3 heteroatoms. The first kappa shape index (κ1) is 6.95. The summed E-state index contributed by atoms with van der Waals surface area (Å²) in [5, 5.41) is 0. The molecule has 0 saturated carbocycles. The van der Waals surface area contributed by atoms with Gasteiger partial charge in [-0.15, -0.1) is 0 Å². The highest BCUT2D eigenvalue weighted by Crippen LogP contribution is 1.85. The Hall–Kier alpha value is -0.0500. The van der Waals surface area contributed by atoms with E-state index in [2.05, 4.69) is 10.9 Å². The summed E-state index contributed by atoms with van der Waals surface area (Å²) in [5.41, 5.74) is 0.850. The maximum absolute atomic E-state index is 9.43. The van der Waals surface area contributed by atoms with E-state index < -0.39 is 0 Å². The third kappa shape index (κ3) is 5.95. The van der Waals surface area contributed by atoms with Crippen LogP contribution >= 0.6 is 0 Å². The molecule has 0 amide bonds. The van der Waals surface area contributed by atoms with Crippen molar-refractivity contribution in [2.75, 3.05) is 6.61 Å². The molecule has 0 aromatic carbocycles. The van der Waals surface area contributed by atoms with Gasteiger partial charge in [0.1, 0.15) is 6.61 Å². The molecule has 0 fully saturated rings. The van der Waals surface area contributed by atoms with E-state index in [9.17, 15) is 4.66 Å². The first-order valence-corrected chi connectivity index (χ1v) is 2.42. The SMILES string of the molecule is C=C(C)CO[Cl+][O-]. The van der Waals surface area contributed by atoms with Gasteiger partial charge in [-0.3, -0.25) is 0 Å². The van der Waals surface area contributed by atoms with Crippen molar-refractivity contribution in [3.05, 3.63) is 12.2 Å². The predicted molar refractivity (Wildman–Crippen MR) is 20.8 cm³/mol. The predicted octanol–water partition coefficient (Wildman–Crippen LogP) is -0.146. The van der Waals surface area contributed by atoms with E-state index in [0.717, 1.165) is 5.57 Å². The first-order valence-electron chi connectivity index (χ1n) is 1.80. The lowest BCUT2D eigenvalue weighted by Gasteiger charge is -1.85. The smallest absolute Gasteiger partial charge is 0.331 e. The molecular formula is C4H7ClO2. The minimum Gasteiger partial charge on any atom is -0.506 e. The second-order valence-corrected chi connectivity index (χ2v) is 1.62. The normalized spacial score (nSPS) is 8.86. The lowest BCUT2D eigenvalue weighted by Crippen LogP contribution is -2.05. The van der Waals surface area contributed by atoms with Crippen LogP contribution in [0.3, 0.4) is 0 Å². The molecule has 0 rings (SSSR count). The van der Waals surface area contributed by atoms with E-state index in [1.54, 1.807) is 6.92 Å². The van der Waals surface area contributed by atoms with Crippen molar-refractivity contribution in [2.45, 2.75) is 6.92 Å². The number of hydrogen-bond donors (Lipinski definition) is 0.